The topological polar surface area (TPSA) is 87.1 Å². The number of likely N-dealkylation sites (tertiary alicyclic amines) is 1. The summed E-state index contributed by atoms with van der Waals surface area (Å²) in [5, 5.41) is 15.6. The molecule has 0 aromatic heterocycles. The van der Waals surface area contributed by atoms with Gasteiger partial charge in [-0.15, -0.1) is 13.2 Å². The number of halogens is 1. The molecule has 0 spiro atoms. The highest BCUT2D eigenvalue weighted by atomic mass is 35.5. The van der Waals surface area contributed by atoms with Gasteiger partial charge in [0.05, 0.1) is 0 Å². The van der Waals surface area contributed by atoms with E-state index in [4.69, 9.17) is 36.1 Å². The minimum Gasteiger partial charge on any atom is -0.492 e. The van der Waals surface area contributed by atoms with Gasteiger partial charge in [0.25, 0.3) is 0 Å². The van der Waals surface area contributed by atoms with Crippen molar-refractivity contribution < 1.29 is 24.5 Å². The van der Waals surface area contributed by atoms with Crippen LogP contribution in [0.2, 0.25) is 5.02 Å². The Kier molecular flexibility index (Phi) is 13.0. The number of nitrogens with zero attached hydrogens (tertiary/aromatic N) is 1. The first-order chi connectivity index (χ1) is 12.4. The summed E-state index contributed by atoms with van der Waals surface area (Å²) in [6, 6.07) is 5.79. The van der Waals surface area contributed by atoms with Crippen molar-refractivity contribution in [1.29, 1.82) is 0 Å². The summed E-state index contributed by atoms with van der Waals surface area (Å²) in [6.07, 6.45) is 5.43. The second-order valence-electron chi connectivity index (χ2n) is 5.62. The highest BCUT2D eigenvalue weighted by Gasteiger charge is 2.09. The highest BCUT2D eigenvalue weighted by Crippen LogP contribution is 2.21. The number of hydrogen-bond donors (Lipinski definition) is 2. The molecule has 0 amide bonds. The second kappa shape index (κ2) is 14.2. The molecule has 2 N–H and O–H groups in total. The molecule has 0 unspecified atom stereocenters. The summed E-state index contributed by atoms with van der Waals surface area (Å²) < 4.78 is 5.84. The van der Waals surface area contributed by atoms with Crippen LogP contribution in [0.5, 0.6) is 5.75 Å². The fourth-order valence-corrected chi connectivity index (χ4v) is 2.65. The van der Waals surface area contributed by atoms with E-state index in [-0.39, 0.29) is 0 Å². The van der Waals surface area contributed by atoms with Crippen molar-refractivity contribution in [2.45, 2.75) is 32.6 Å². The van der Waals surface area contributed by atoms with Crippen LogP contribution in [0.15, 0.2) is 31.4 Å². The van der Waals surface area contributed by atoms with E-state index in [1.54, 1.807) is 0 Å². The third-order valence-electron chi connectivity index (χ3n) is 3.68. The van der Waals surface area contributed by atoms with E-state index in [1.165, 1.54) is 38.8 Å². The molecule has 1 fully saturated rings. The van der Waals surface area contributed by atoms with Crippen molar-refractivity contribution in [3.8, 4) is 5.75 Å². The van der Waals surface area contributed by atoms with E-state index in [2.05, 4.69) is 18.1 Å². The van der Waals surface area contributed by atoms with Crippen LogP contribution in [-0.2, 0) is 9.59 Å². The Balaban J connectivity index is 0.000000667. The molecule has 6 nitrogen and oxygen atoms in total. The van der Waals surface area contributed by atoms with E-state index >= 15 is 0 Å². The maximum absolute atomic E-state index is 9.10. The molecule has 1 heterocycles. The summed E-state index contributed by atoms with van der Waals surface area (Å²) in [5.41, 5.74) is 1.11. The Morgan fingerprint density at radius 2 is 1.65 bits per heavy atom. The van der Waals surface area contributed by atoms with Crippen molar-refractivity contribution in [1.82, 2.24) is 4.90 Å². The summed E-state index contributed by atoms with van der Waals surface area (Å²) in [6.45, 7) is 12.3. The van der Waals surface area contributed by atoms with Crippen molar-refractivity contribution in [2.75, 3.05) is 26.2 Å². The monoisotopic (exact) mass is 385 g/mol. The normalized spacial score (nSPS) is 13.9. The van der Waals surface area contributed by atoms with Crippen LogP contribution in [0.1, 0.15) is 31.2 Å². The third-order valence-corrected chi connectivity index (χ3v) is 3.92. The van der Waals surface area contributed by atoms with E-state index in [9.17, 15) is 0 Å². The summed E-state index contributed by atoms with van der Waals surface area (Å²) >= 11 is 5.93. The predicted octanol–water partition coefficient (Wildman–Crippen LogP) is 3.86. The van der Waals surface area contributed by atoms with Crippen LogP contribution < -0.4 is 4.74 Å². The largest absolute Gasteiger partial charge is 0.492 e. The first kappa shape index (κ1) is 23.9. The van der Waals surface area contributed by atoms with Gasteiger partial charge >= 0.3 is 11.9 Å². The summed E-state index contributed by atoms with van der Waals surface area (Å²) in [7, 11) is 0. The second-order valence-corrected chi connectivity index (χ2v) is 6.06. The van der Waals surface area contributed by atoms with E-state index < -0.39 is 11.9 Å². The standard InChI is InChI=1S/C15H22ClNO.C2H2O4.C2H4/c1-13-12-14(16)6-7-15(13)18-11-10-17-8-4-2-3-5-9-17;3-1(4)2(5)6;1-2/h6-7,12H,2-5,8-11H2,1H3;(H,3,4)(H,5,6);1-2H2. The van der Waals surface area contributed by atoms with Crippen molar-refractivity contribution >= 4 is 23.5 Å². The Morgan fingerprint density at radius 3 is 2.12 bits per heavy atom. The van der Waals surface area contributed by atoms with Crippen LogP contribution in [0.4, 0.5) is 0 Å². The average molecular weight is 386 g/mol. The number of aryl methyl sites for hydroxylation is 1. The van der Waals surface area contributed by atoms with Crippen LogP contribution >= 0.6 is 11.6 Å². The van der Waals surface area contributed by atoms with Gasteiger partial charge in [0.15, 0.2) is 0 Å². The number of benzene rings is 1. The minimum absolute atomic E-state index is 0.766. The first-order valence-corrected chi connectivity index (χ1v) is 8.85. The molecular weight excluding hydrogens is 358 g/mol. The van der Waals surface area contributed by atoms with E-state index in [0.29, 0.717) is 0 Å². The number of carbonyl (C=O) groups is 2. The molecule has 1 aliphatic rings. The number of rotatable bonds is 4. The molecule has 0 bridgehead atoms. The Morgan fingerprint density at radius 1 is 1.12 bits per heavy atom. The SMILES string of the molecule is C=C.Cc1cc(Cl)ccc1OCCN1CCCCCC1.O=C(O)C(=O)O. The van der Waals surface area contributed by atoms with Gasteiger partial charge in [0.1, 0.15) is 12.4 Å². The lowest BCUT2D eigenvalue weighted by atomic mass is 10.2. The van der Waals surface area contributed by atoms with Crippen LogP contribution in [0.25, 0.3) is 0 Å². The van der Waals surface area contributed by atoms with Gasteiger partial charge in [0.2, 0.25) is 0 Å². The number of carboxylic acids is 2. The maximum atomic E-state index is 9.10. The highest BCUT2D eigenvalue weighted by molar-refractivity contribution is 6.30. The molecule has 1 aliphatic heterocycles. The lowest BCUT2D eigenvalue weighted by molar-refractivity contribution is -0.159. The quantitative estimate of drug-likeness (QED) is 0.604. The molecule has 0 saturated carbocycles. The predicted molar refractivity (Wildman–Crippen MR) is 103 cm³/mol. The maximum Gasteiger partial charge on any atom is 0.414 e. The van der Waals surface area contributed by atoms with Crippen LogP contribution in [0.3, 0.4) is 0 Å². The molecule has 0 radical (unpaired) electrons. The molecule has 1 aromatic rings. The minimum atomic E-state index is -1.82. The van der Waals surface area contributed by atoms with Gasteiger partial charge in [-0.05, 0) is 56.6 Å². The Labute approximate surface area is 160 Å². The molecule has 1 saturated heterocycles. The van der Waals surface area contributed by atoms with E-state index in [0.717, 1.165) is 29.5 Å². The number of carboxylic acid groups (broad SMARTS) is 2. The van der Waals surface area contributed by atoms with Gasteiger partial charge in [-0.2, -0.15) is 0 Å². The molecule has 0 aliphatic carbocycles. The number of ether oxygens (including phenoxy) is 1. The zero-order chi connectivity index (χ0) is 19.9. The van der Waals surface area contributed by atoms with E-state index in [1.807, 2.05) is 25.1 Å². The van der Waals surface area contributed by atoms with Gasteiger partial charge in [0, 0.05) is 11.6 Å². The molecule has 0 atom stereocenters. The van der Waals surface area contributed by atoms with Gasteiger partial charge < -0.3 is 14.9 Å². The Hall–Kier alpha value is -2.05. The van der Waals surface area contributed by atoms with Gasteiger partial charge in [-0.25, -0.2) is 9.59 Å². The van der Waals surface area contributed by atoms with Crippen LogP contribution in [-0.4, -0.2) is 53.3 Å². The molecule has 146 valence electrons. The van der Waals surface area contributed by atoms with Crippen LogP contribution in [0, 0.1) is 6.92 Å². The lowest BCUT2D eigenvalue weighted by Gasteiger charge is -2.20. The lowest BCUT2D eigenvalue weighted by Crippen LogP contribution is -2.29. The fraction of sp³-hybridized carbons (Fsp3) is 0.474. The zero-order valence-electron chi connectivity index (χ0n) is 15.2. The van der Waals surface area contributed by atoms with Gasteiger partial charge in [-0.1, -0.05) is 24.4 Å². The van der Waals surface area contributed by atoms with Gasteiger partial charge in [-0.3, -0.25) is 4.90 Å². The summed E-state index contributed by atoms with van der Waals surface area (Å²) in [4.78, 5) is 20.7. The van der Waals surface area contributed by atoms with Crippen molar-refractivity contribution in [3.63, 3.8) is 0 Å². The molecule has 1 aromatic carbocycles. The zero-order valence-corrected chi connectivity index (χ0v) is 16.0. The van der Waals surface area contributed by atoms with Crippen molar-refractivity contribution in [3.05, 3.63) is 41.9 Å². The Bertz CT molecular complexity index is 545. The summed E-state index contributed by atoms with van der Waals surface area (Å²) in [5.74, 6) is -2.70. The molecule has 2 rings (SSSR count). The molecular formula is C19H28ClNO5. The van der Waals surface area contributed by atoms with Crippen molar-refractivity contribution in [2.24, 2.45) is 0 Å². The fourth-order valence-electron chi connectivity index (χ4n) is 2.42. The smallest absolute Gasteiger partial charge is 0.414 e. The first-order valence-electron chi connectivity index (χ1n) is 8.47. The third kappa shape index (κ3) is 10.7. The number of hydrogen-bond acceptors (Lipinski definition) is 4. The molecule has 26 heavy (non-hydrogen) atoms. The number of aliphatic carboxylic acids is 2. The molecule has 7 heteroatoms. The average Bonchev–Trinajstić information content (AvgIpc) is 2.88.